The number of hydrogen-bond donors (Lipinski definition) is 1. The van der Waals surface area contributed by atoms with Crippen LogP contribution in [-0.2, 0) is 4.74 Å². The molecule has 0 saturated carbocycles. The standard InChI is InChI=1S/C8H13NO/c1-6-3-4-7(10-2)5-8(6)9/h5H,3-4,9H2,1-2H3. The first kappa shape index (κ1) is 7.19. The van der Waals surface area contributed by atoms with E-state index in [1.165, 1.54) is 5.57 Å². The minimum atomic E-state index is 0.864. The van der Waals surface area contributed by atoms with Crippen molar-refractivity contribution in [2.24, 2.45) is 5.73 Å². The lowest BCUT2D eigenvalue weighted by Gasteiger charge is -2.13. The molecule has 0 aromatic carbocycles. The van der Waals surface area contributed by atoms with Gasteiger partial charge in [0.15, 0.2) is 0 Å². The summed E-state index contributed by atoms with van der Waals surface area (Å²) in [6.45, 7) is 2.05. The third-order valence-corrected chi connectivity index (χ3v) is 1.82. The van der Waals surface area contributed by atoms with Crippen LogP contribution >= 0.6 is 0 Å². The molecule has 0 aliphatic heterocycles. The van der Waals surface area contributed by atoms with Crippen molar-refractivity contribution in [2.45, 2.75) is 19.8 Å². The van der Waals surface area contributed by atoms with Crippen LogP contribution < -0.4 is 5.73 Å². The molecule has 2 nitrogen and oxygen atoms in total. The van der Waals surface area contributed by atoms with E-state index < -0.39 is 0 Å². The normalized spacial score (nSPS) is 18.8. The maximum absolute atomic E-state index is 5.67. The van der Waals surface area contributed by atoms with Gasteiger partial charge in [0.05, 0.1) is 12.9 Å². The van der Waals surface area contributed by atoms with E-state index in [0.29, 0.717) is 0 Å². The summed E-state index contributed by atoms with van der Waals surface area (Å²) in [6, 6.07) is 0. The smallest absolute Gasteiger partial charge is 0.0979 e. The van der Waals surface area contributed by atoms with Crippen molar-refractivity contribution in [2.75, 3.05) is 7.11 Å². The summed E-state index contributed by atoms with van der Waals surface area (Å²) in [6.07, 6.45) is 3.92. The van der Waals surface area contributed by atoms with Gasteiger partial charge in [-0.2, -0.15) is 0 Å². The van der Waals surface area contributed by atoms with Gasteiger partial charge in [-0.15, -0.1) is 0 Å². The van der Waals surface area contributed by atoms with E-state index in [2.05, 4.69) is 6.92 Å². The van der Waals surface area contributed by atoms with Gasteiger partial charge in [0, 0.05) is 12.1 Å². The Labute approximate surface area is 61.4 Å². The van der Waals surface area contributed by atoms with Gasteiger partial charge in [-0.25, -0.2) is 0 Å². The number of rotatable bonds is 1. The molecule has 0 unspecified atom stereocenters. The molecule has 1 aliphatic rings. The first-order chi connectivity index (χ1) is 4.74. The molecule has 0 aromatic heterocycles. The SMILES string of the molecule is COC1=CC(N)=C(C)CC1. The largest absolute Gasteiger partial charge is 0.501 e. The second kappa shape index (κ2) is 2.78. The zero-order valence-electron chi connectivity index (χ0n) is 6.48. The van der Waals surface area contributed by atoms with Crippen molar-refractivity contribution in [3.63, 3.8) is 0 Å². The molecule has 0 spiro atoms. The van der Waals surface area contributed by atoms with Crippen molar-refractivity contribution in [3.05, 3.63) is 23.1 Å². The van der Waals surface area contributed by atoms with Crippen LogP contribution in [0, 0.1) is 0 Å². The maximum Gasteiger partial charge on any atom is 0.0979 e. The summed E-state index contributed by atoms with van der Waals surface area (Å²) < 4.78 is 5.06. The van der Waals surface area contributed by atoms with Crippen LogP contribution in [0.5, 0.6) is 0 Å². The lowest BCUT2D eigenvalue weighted by molar-refractivity contribution is 0.275. The van der Waals surface area contributed by atoms with Crippen LogP contribution in [0.15, 0.2) is 23.1 Å². The Bertz CT molecular complexity index is 191. The fourth-order valence-electron chi connectivity index (χ4n) is 0.985. The van der Waals surface area contributed by atoms with Crippen LogP contribution in [0.25, 0.3) is 0 Å². The predicted octanol–water partition coefficient (Wildman–Crippen LogP) is 1.54. The van der Waals surface area contributed by atoms with Crippen molar-refractivity contribution in [1.82, 2.24) is 0 Å². The van der Waals surface area contributed by atoms with E-state index in [1.54, 1.807) is 7.11 Å². The van der Waals surface area contributed by atoms with Crippen LogP contribution in [-0.4, -0.2) is 7.11 Å². The Hall–Kier alpha value is -0.920. The van der Waals surface area contributed by atoms with Crippen molar-refractivity contribution >= 4 is 0 Å². The lowest BCUT2D eigenvalue weighted by Crippen LogP contribution is -2.05. The molecule has 0 saturated heterocycles. The quantitative estimate of drug-likeness (QED) is 0.598. The summed E-state index contributed by atoms with van der Waals surface area (Å²) in [5, 5.41) is 0. The van der Waals surface area contributed by atoms with Crippen molar-refractivity contribution in [1.29, 1.82) is 0 Å². The summed E-state index contributed by atoms with van der Waals surface area (Å²) in [5.41, 5.74) is 7.80. The minimum absolute atomic E-state index is 0.864. The van der Waals surface area contributed by atoms with Crippen LogP contribution in [0.3, 0.4) is 0 Å². The molecule has 2 N–H and O–H groups in total. The monoisotopic (exact) mass is 139 g/mol. The molecule has 1 rings (SSSR count). The average Bonchev–Trinajstić information content (AvgIpc) is 1.95. The molecule has 0 fully saturated rings. The Morgan fingerprint density at radius 3 is 2.70 bits per heavy atom. The molecular formula is C8H13NO. The van der Waals surface area contributed by atoms with E-state index >= 15 is 0 Å². The van der Waals surface area contributed by atoms with Gasteiger partial charge in [-0.05, 0) is 25.0 Å². The lowest BCUT2D eigenvalue weighted by atomic mass is 10.0. The topological polar surface area (TPSA) is 35.2 Å². The van der Waals surface area contributed by atoms with Gasteiger partial charge >= 0.3 is 0 Å². The van der Waals surface area contributed by atoms with Gasteiger partial charge in [-0.3, -0.25) is 0 Å². The third kappa shape index (κ3) is 1.32. The number of ether oxygens (including phenoxy) is 1. The van der Waals surface area contributed by atoms with E-state index in [0.717, 1.165) is 24.3 Å². The minimum Gasteiger partial charge on any atom is -0.501 e. The van der Waals surface area contributed by atoms with Crippen molar-refractivity contribution < 1.29 is 4.74 Å². The van der Waals surface area contributed by atoms with E-state index in [4.69, 9.17) is 10.5 Å². The van der Waals surface area contributed by atoms with Crippen LogP contribution in [0.2, 0.25) is 0 Å². The van der Waals surface area contributed by atoms with Crippen molar-refractivity contribution in [3.8, 4) is 0 Å². The second-order valence-electron chi connectivity index (χ2n) is 2.55. The summed E-state index contributed by atoms with van der Waals surface area (Å²) in [7, 11) is 1.68. The molecule has 0 atom stereocenters. The molecule has 0 heterocycles. The Balaban J connectivity index is 2.76. The highest BCUT2D eigenvalue weighted by Gasteiger charge is 2.06. The highest BCUT2D eigenvalue weighted by atomic mass is 16.5. The molecule has 2 heteroatoms. The van der Waals surface area contributed by atoms with Crippen LogP contribution in [0.1, 0.15) is 19.8 Å². The molecule has 0 aromatic rings. The number of methoxy groups -OCH3 is 1. The summed E-state index contributed by atoms with van der Waals surface area (Å²) in [4.78, 5) is 0. The Kier molecular flexibility index (Phi) is 2.00. The molecule has 0 amide bonds. The van der Waals surface area contributed by atoms with Gasteiger partial charge in [0.25, 0.3) is 0 Å². The fraction of sp³-hybridized carbons (Fsp3) is 0.500. The average molecular weight is 139 g/mol. The highest BCUT2D eigenvalue weighted by molar-refractivity contribution is 5.27. The zero-order chi connectivity index (χ0) is 7.56. The molecule has 1 aliphatic carbocycles. The molecule has 0 bridgehead atoms. The summed E-state index contributed by atoms with van der Waals surface area (Å²) >= 11 is 0. The second-order valence-corrected chi connectivity index (χ2v) is 2.55. The van der Waals surface area contributed by atoms with Gasteiger partial charge in [0.1, 0.15) is 0 Å². The fourth-order valence-corrected chi connectivity index (χ4v) is 0.985. The predicted molar refractivity (Wildman–Crippen MR) is 41.2 cm³/mol. The molecular weight excluding hydrogens is 126 g/mol. The van der Waals surface area contributed by atoms with Gasteiger partial charge in [-0.1, -0.05) is 0 Å². The number of hydrogen-bond acceptors (Lipinski definition) is 2. The number of allylic oxidation sites excluding steroid dienone is 3. The first-order valence-corrected chi connectivity index (χ1v) is 3.44. The van der Waals surface area contributed by atoms with E-state index in [1.807, 2.05) is 6.08 Å². The molecule has 10 heavy (non-hydrogen) atoms. The molecule has 56 valence electrons. The Morgan fingerprint density at radius 2 is 2.20 bits per heavy atom. The maximum atomic E-state index is 5.67. The number of nitrogens with two attached hydrogens (primary N) is 1. The van der Waals surface area contributed by atoms with Gasteiger partial charge in [0.2, 0.25) is 0 Å². The third-order valence-electron chi connectivity index (χ3n) is 1.82. The van der Waals surface area contributed by atoms with Gasteiger partial charge < -0.3 is 10.5 Å². The highest BCUT2D eigenvalue weighted by Crippen LogP contribution is 2.20. The first-order valence-electron chi connectivity index (χ1n) is 3.44. The summed E-state index contributed by atoms with van der Waals surface area (Å²) in [5.74, 6) is 0.989. The van der Waals surface area contributed by atoms with E-state index in [9.17, 15) is 0 Å². The van der Waals surface area contributed by atoms with E-state index in [-0.39, 0.29) is 0 Å². The zero-order valence-corrected chi connectivity index (χ0v) is 6.48. The van der Waals surface area contributed by atoms with Crippen LogP contribution in [0.4, 0.5) is 0 Å². The molecule has 0 radical (unpaired) electrons. The Morgan fingerprint density at radius 1 is 1.50 bits per heavy atom.